The molecule has 2 rings (SSSR count). The summed E-state index contributed by atoms with van der Waals surface area (Å²) in [5, 5.41) is 0.542. The van der Waals surface area contributed by atoms with E-state index in [0.717, 1.165) is 25.7 Å². The second-order valence-electron chi connectivity index (χ2n) is 4.81. The maximum atomic E-state index is 12.2. The lowest BCUT2D eigenvalue weighted by Crippen LogP contribution is -2.40. The van der Waals surface area contributed by atoms with Crippen molar-refractivity contribution in [2.45, 2.75) is 42.7 Å². The number of rotatable bonds is 3. The summed E-state index contributed by atoms with van der Waals surface area (Å²) in [6.45, 7) is 0. The van der Waals surface area contributed by atoms with Gasteiger partial charge in [-0.05, 0) is 43.9 Å². The van der Waals surface area contributed by atoms with Crippen LogP contribution in [0.4, 0.5) is 0 Å². The molecule has 3 N–H and O–H groups in total. The van der Waals surface area contributed by atoms with Crippen molar-refractivity contribution in [1.29, 1.82) is 0 Å². The van der Waals surface area contributed by atoms with Crippen molar-refractivity contribution in [2.75, 3.05) is 0 Å². The molecule has 0 saturated heterocycles. The molecule has 0 amide bonds. The number of sulfonamides is 1. The molecule has 1 saturated carbocycles. The average Bonchev–Trinajstić information content (AvgIpc) is 2.31. The average molecular weight is 360 g/mol. The molecule has 0 bridgehead atoms. The van der Waals surface area contributed by atoms with Crippen LogP contribution in [0.25, 0.3) is 0 Å². The Morgan fingerprint density at radius 1 is 1.15 bits per heavy atom. The highest BCUT2D eigenvalue weighted by Crippen LogP contribution is 2.26. The molecule has 4 nitrogen and oxygen atoms in total. The molecule has 0 spiro atoms. The topological polar surface area (TPSA) is 72.2 Å². The van der Waals surface area contributed by atoms with E-state index in [-0.39, 0.29) is 34.4 Å². The lowest BCUT2D eigenvalue weighted by Gasteiger charge is -2.26. The molecule has 1 aliphatic carbocycles. The number of benzene rings is 1. The Hall–Kier alpha value is -0.0400. The van der Waals surface area contributed by atoms with Crippen LogP contribution in [0.2, 0.25) is 10.0 Å². The SMILES string of the molecule is Cl.NC1CCC(NS(=O)(=O)c2ccc(Cl)cc2Cl)CC1. The third-order valence-electron chi connectivity index (χ3n) is 3.28. The molecule has 0 aliphatic heterocycles. The summed E-state index contributed by atoms with van der Waals surface area (Å²) >= 11 is 11.7. The van der Waals surface area contributed by atoms with Crippen molar-refractivity contribution >= 4 is 45.6 Å². The van der Waals surface area contributed by atoms with Crippen LogP contribution in [0.3, 0.4) is 0 Å². The van der Waals surface area contributed by atoms with Gasteiger partial charge in [0.1, 0.15) is 4.90 Å². The van der Waals surface area contributed by atoms with Crippen LogP contribution in [-0.4, -0.2) is 20.5 Å². The monoisotopic (exact) mass is 358 g/mol. The van der Waals surface area contributed by atoms with Gasteiger partial charge in [-0.3, -0.25) is 0 Å². The summed E-state index contributed by atoms with van der Waals surface area (Å²) in [6.07, 6.45) is 3.18. The van der Waals surface area contributed by atoms with Gasteiger partial charge in [0.25, 0.3) is 0 Å². The van der Waals surface area contributed by atoms with Gasteiger partial charge in [0, 0.05) is 17.1 Å². The van der Waals surface area contributed by atoms with Gasteiger partial charge >= 0.3 is 0 Å². The first kappa shape index (κ1) is 18.0. The van der Waals surface area contributed by atoms with Crippen LogP contribution in [-0.2, 0) is 10.0 Å². The molecular formula is C12H17Cl3N2O2S. The molecular weight excluding hydrogens is 343 g/mol. The molecule has 1 aromatic carbocycles. The minimum Gasteiger partial charge on any atom is -0.328 e. The maximum Gasteiger partial charge on any atom is 0.242 e. The zero-order chi connectivity index (χ0) is 14.0. The van der Waals surface area contributed by atoms with E-state index < -0.39 is 10.0 Å². The number of nitrogens with two attached hydrogens (primary N) is 1. The summed E-state index contributed by atoms with van der Waals surface area (Å²) in [7, 11) is -3.61. The minimum atomic E-state index is -3.61. The Bertz CT molecular complexity index is 558. The van der Waals surface area contributed by atoms with Crippen molar-refractivity contribution in [3.05, 3.63) is 28.2 Å². The highest BCUT2D eigenvalue weighted by atomic mass is 35.5. The van der Waals surface area contributed by atoms with E-state index in [1.165, 1.54) is 18.2 Å². The summed E-state index contributed by atoms with van der Waals surface area (Å²) < 4.78 is 27.2. The molecule has 8 heteroatoms. The van der Waals surface area contributed by atoms with Gasteiger partial charge in [-0.15, -0.1) is 12.4 Å². The van der Waals surface area contributed by atoms with Gasteiger partial charge < -0.3 is 5.73 Å². The van der Waals surface area contributed by atoms with Crippen molar-refractivity contribution in [3.8, 4) is 0 Å². The van der Waals surface area contributed by atoms with Crippen molar-refractivity contribution in [3.63, 3.8) is 0 Å². The predicted octanol–water partition coefficient (Wildman–Crippen LogP) is 2.96. The molecule has 0 unspecified atom stereocenters. The fourth-order valence-corrected chi connectivity index (χ4v) is 4.29. The lowest BCUT2D eigenvalue weighted by atomic mass is 9.93. The van der Waals surface area contributed by atoms with E-state index in [1.807, 2.05) is 0 Å². The molecule has 20 heavy (non-hydrogen) atoms. The van der Waals surface area contributed by atoms with Crippen molar-refractivity contribution in [1.82, 2.24) is 4.72 Å². The number of nitrogens with one attached hydrogen (secondary N) is 1. The normalized spacial score (nSPS) is 23.1. The van der Waals surface area contributed by atoms with E-state index >= 15 is 0 Å². The Morgan fingerprint density at radius 3 is 2.30 bits per heavy atom. The Labute approximate surface area is 135 Å². The Morgan fingerprint density at radius 2 is 1.75 bits per heavy atom. The van der Waals surface area contributed by atoms with Crippen molar-refractivity contribution in [2.24, 2.45) is 5.73 Å². The first-order valence-corrected chi connectivity index (χ1v) is 8.35. The highest BCUT2D eigenvalue weighted by molar-refractivity contribution is 7.89. The van der Waals surface area contributed by atoms with Crippen LogP contribution in [0, 0.1) is 0 Å². The first-order valence-electron chi connectivity index (χ1n) is 6.11. The van der Waals surface area contributed by atoms with Gasteiger partial charge in [-0.1, -0.05) is 23.2 Å². The third-order valence-corrected chi connectivity index (χ3v) is 5.52. The van der Waals surface area contributed by atoms with E-state index in [4.69, 9.17) is 28.9 Å². The summed E-state index contributed by atoms with van der Waals surface area (Å²) in [6, 6.07) is 4.46. The van der Waals surface area contributed by atoms with E-state index in [2.05, 4.69) is 4.72 Å². The largest absolute Gasteiger partial charge is 0.328 e. The molecule has 0 radical (unpaired) electrons. The van der Waals surface area contributed by atoms with Crippen LogP contribution in [0.5, 0.6) is 0 Å². The van der Waals surface area contributed by atoms with Gasteiger partial charge in [-0.25, -0.2) is 13.1 Å². The fourth-order valence-electron chi connectivity index (χ4n) is 2.21. The quantitative estimate of drug-likeness (QED) is 0.871. The number of hydrogen-bond acceptors (Lipinski definition) is 3. The van der Waals surface area contributed by atoms with Crippen LogP contribution in [0.1, 0.15) is 25.7 Å². The van der Waals surface area contributed by atoms with Gasteiger partial charge in [0.15, 0.2) is 0 Å². The van der Waals surface area contributed by atoms with E-state index in [1.54, 1.807) is 0 Å². The highest BCUT2D eigenvalue weighted by Gasteiger charge is 2.25. The fraction of sp³-hybridized carbons (Fsp3) is 0.500. The molecule has 1 fully saturated rings. The molecule has 0 aromatic heterocycles. The number of hydrogen-bond donors (Lipinski definition) is 2. The number of halogens is 3. The lowest BCUT2D eigenvalue weighted by molar-refractivity contribution is 0.373. The Kier molecular flexibility index (Phi) is 6.57. The summed E-state index contributed by atoms with van der Waals surface area (Å²) in [5.41, 5.74) is 5.80. The summed E-state index contributed by atoms with van der Waals surface area (Å²) in [5.74, 6) is 0. The van der Waals surface area contributed by atoms with Crippen molar-refractivity contribution < 1.29 is 8.42 Å². The predicted molar refractivity (Wildman–Crippen MR) is 84.3 cm³/mol. The Balaban J connectivity index is 0.00000200. The van der Waals surface area contributed by atoms with Gasteiger partial charge in [-0.2, -0.15) is 0 Å². The molecule has 0 atom stereocenters. The van der Waals surface area contributed by atoms with E-state index in [9.17, 15) is 8.42 Å². The summed E-state index contributed by atoms with van der Waals surface area (Å²) in [4.78, 5) is 0.0634. The second-order valence-corrected chi connectivity index (χ2v) is 7.33. The minimum absolute atomic E-state index is 0. The molecule has 114 valence electrons. The van der Waals surface area contributed by atoms with Gasteiger partial charge in [0.2, 0.25) is 10.0 Å². The van der Waals surface area contributed by atoms with Crippen LogP contribution < -0.4 is 10.5 Å². The maximum absolute atomic E-state index is 12.2. The second kappa shape index (κ2) is 7.29. The molecule has 1 aliphatic rings. The smallest absolute Gasteiger partial charge is 0.242 e. The molecule has 1 aromatic rings. The van der Waals surface area contributed by atoms with E-state index in [0.29, 0.717) is 5.02 Å². The van der Waals surface area contributed by atoms with Crippen LogP contribution >= 0.6 is 35.6 Å². The molecule has 0 heterocycles. The zero-order valence-electron chi connectivity index (χ0n) is 10.7. The van der Waals surface area contributed by atoms with Crippen LogP contribution in [0.15, 0.2) is 23.1 Å². The first-order chi connectivity index (χ1) is 8.88. The standard InChI is InChI=1S/C12H16Cl2N2O2S.ClH/c13-8-1-6-12(11(14)7-8)19(17,18)16-10-4-2-9(15)3-5-10;/h1,6-7,9-10,16H,2-5,15H2;1H. The third kappa shape index (κ3) is 4.48. The van der Waals surface area contributed by atoms with Gasteiger partial charge in [0.05, 0.1) is 5.02 Å². The zero-order valence-corrected chi connectivity index (χ0v) is 13.8.